The van der Waals surface area contributed by atoms with Crippen molar-refractivity contribution in [3.8, 4) is 0 Å². The molecular formula is C25H33N7O5. The molecule has 1 aromatic carbocycles. The molecule has 0 radical (unpaired) electrons. The van der Waals surface area contributed by atoms with E-state index >= 15 is 0 Å². The van der Waals surface area contributed by atoms with Crippen LogP contribution in [0.3, 0.4) is 0 Å². The number of carbonyl (C=O) groups excluding carboxylic acids is 3. The van der Waals surface area contributed by atoms with E-state index in [0.717, 1.165) is 16.5 Å². The van der Waals surface area contributed by atoms with Crippen molar-refractivity contribution in [1.82, 2.24) is 30.9 Å². The van der Waals surface area contributed by atoms with E-state index in [2.05, 4.69) is 30.9 Å². The minimum Gasteiger partial charge on any atom is -0.480 e. The van der Waals surface area contributed by atoms with Crippen molar-refractivity contribution in [2.75, 3.05) is 6.54 Å². The van der Waals surface area contributed by atoms with E-state index in [1.54, 1.807) is 12.4 Å². The molecule has 8 N–H and O–H groups in total. The number of hydrogen-bond donors (Lipinski definition) is 7. The Labute approximate surface area is 213 Å². The molecule has 198 valence electrons. The van der Waals surface area contributed by atoms with Crippen LogP contribution in [0.15, 0.2) is 43.0 Å². The number of nitrogens with two attached hydrogens (primary N) is 1. The molecule has 0 bridgehead atoms. The van der Waals surface area contributed by atoms with E-state index in [-0.39, 0.29) is 18.8 Å². The van der Waals surface area contributed by atoms with E-state index in [9.17, 15) is 19.2 Å². The van der Waals surface area contributed by atoms with Crippen LogP contribution in [-0.2, 0) is 32.0 Å². The molecule has 0 aliphatic rings. The van der Waals surface area contributed by atoms with Gasteiger partial charge in [0.15, 0.2) is 0 Å². The second-order valence-electron chi connectivity index (χ2n) is 9.31. The lowest BCUT2D eigenvalue weighted by atomic mass is 10.00. The molecule has 0 saturated heterocycles. The molecule has 12 heteroatoms. The molecule has 0 aliphatic heterocycles. The molecule has 0 spiro atoms. The van der Waals surface area contributed by atoms with Gasteiger partial charge in [-0.25, -0.2) is 4.98 Å². The second kappa shape index (κ2) is 12.7. The summed E-state index contributed by atoms with van der Waals surface area (Å²) < 4.78 is 0. The summed E-state index contributed by atoms with van der Waals surface area (Å²) in [5.41, 5.74) is 8.36. The highest BCUT2D eigenvalue weighted by Crippen LogP contribution is 2.19. The largest absolute Gasteiger partial charge is 0.480 e. The highest BCUT2D eigenvalue weighted by Gasteiger charge is 2.29. The number of aromatic nitrogens is 3. The molecule has 2 heterocycles. The van der Waals surface area contributed by atoms with Gasteiger partial charge >= 0.3 is 5.97 Å². The van der Waals surface area contributed by atoms with Crippen LogP contribution in [0, 0.1) is 5.92 Å². The average molecular weight is 512 g/mol. The van der Waals surface area contributed by atoms with Gasteiger partial charge in [-0.3, -0.25) is 19.2 Å². The predicted molar refractivity (Wildman–Crippen MR) is 136 cm³/mol. The van der Waals surface area contributed by atoms with E-state index in [1.807, 2.05) is 38.1 Å². The van der Waals surface area contributed by atoms with Gasteiger partial charge in [0, 0.05) is 41.8 Å². The van der Waals surface area contributed by atoms with Gasteiger partial charge < -0.3 is 36.8 Å². The van der Waals surface area contributed by atoms with Crippen molar-refractivity contribution in [2.24, 2.45) is 11.7 Å². The summed E-state index contributed by atoms with van der Waals surface area (Å²) in [6.07, 6.45) is 5.43. The van der Waals surface area contributed by atoms with E-state index in [4.69, 9.17) is 10.8 Å². The molecule has 3 rings (SSSR count). The Hall–Kier alpha value is -4.19. The molecule has 37 heavy (non-hydrogen) atoms. The van der Waals surface area contributed by atoms with Crippen molar-refractivity contribution in [2.45, 2.75) is 51.2 Å². The number of rotatable bonds is 13. The molecular weight excluding hydrogens is 478 g/mol. The first-order valence-electron chi connectivity index (χ1n) is 12.0. The number of carbonyl (C=O) groups is 4. The van der Waals surface area contributed by atoms with Gasteiger partial charge in [-0.15, -0.1) is 0 Å². The average Bonchev–Trinajstić information content (AvgIpc) is 3.51. The smallest absolute Gasteiger partial charge is 0.322 e. The van der Waals surface area contributed by atoms with Crippen LogP contribution in [0.2, 0.25) is 0 Å². The zero-order valence-electron chi connectivity index (χ0n) is 20.8. The normalized spacial score (nSPS) is 13.6. The van der Waals surface area contributed by atoms with Crippen LogP contribution >= 0.6 is 0 Å². The number of amides is 3. The van der Waals surface area contributed by atoms with Gasteiger partial charge in [-0.2, -0.15) is 0 Å². The molecule has 3 amide bonds. The van der Waals surface area contributed by atoms with Crippen molar-refractivity contribution in [3.05, 3.63) is 54.2 Å². The minimum atomic E-state index is -1.21. The number of nitrogens with zero attached hydrogens (tertiary/aromatic N) is 1. The van der Waals surface area contributed by atoms with Gasteiger partial charge in [0.2, 0.25) is 17.7 Å². The molecule has 0 aliphatic carbocycles. The molecule has 3 atom stereocenters. The number of carboxylic acids is 1. The van der Waals surface area contributed by atoms with E-state index < -0.39 is 48.4 Å². The van der Waals surface area contributed by atoms with Gasteiger partial charge in [-0.05, 0) is 24.0 Å². The highest BCUT2D eigenvalue weighted by molar-refractivity contribution is 5.94. The van der Waals surface area contributed by atoms with Gasteiger partial charge in [0.25, 0.3) is 0 Å². The van der Waals surface area contributed by atoms with Crippen LogP contribution in [0.1, 0.15) is 31.5 Å². The summed E-state index contributed by atoms with van der Waals surface area (Å²) in [5, 5.41) is 17.6. The number of hydrogen-bond acceptors (Lipinski definition) is 6. The number of H-pyrrole nitrogens is 2. The SMILES string of the molecule is CC(C)CC(NC(=O)C(N)Cc1cnc[nH]1)C(=O)NC(Cc1c[nH]c2ccccc12)C(=O)NCC(=O)O. The second-order valence-corrected chi connectivity index (χ2v) is 9.31. The number of nitrogens with one attached hydrogen (secondary N) is 5. The lowest BCUT2D eigenvalue weighted by molar-refractivity contribution is -0.138. The first-order chi connectivity index (χ1) is 17.6. The lowest BCUT2D eigenvalue weighted by Gasteiger charge is -2.25. The van der Waals surface area contributed by atoms with Crippen LogP contribution in [0.5, 0.6) is 0 Å². The number of aliphatic carboxylic acids is 1. The molecule has 2 aromatic heterocycles. The lowest BCUT2D eigenvalue weighted by Crippen LogP contribution is -2.57. The number of carboxylic acid groups (broad SMARTS) is 1. The number of para-hydroxylation sites is 1. The molecule has 3 aromatic rings. The quantitative estimate of drug-likeness (QED) is 0.170. The maximum atomic E-state index is 13.3. The first kappa shape index (κ1) is 27.4. The van der Waals surface area contributed by atoms with Crippen molar-refractivity contribution >= 4 is 34.6 Å². The van der Waals surface area contributed by atoms with Crippen molar-refractivity contribution < 1.29 is 24.3 Å². The van der Waals surface area contributed by atoms with Gasteiger partial charge in [0.1, 0.15) is 18.6 Å². The Morgan fingerprint density at radius 2 is 1.73 bits per heavy atom. The number of imidazole rings is 1. The van der Waals surface area contributed by atoms with Gasteiger partial charge in [-0.1, -0.05) is 32.0 Å². The summed E-state index contributed by atoms with van der Waals surface area (Å²) in [6, 6.07) is 4.57. The summed E-state index contributed by atoms with van der Waals surface area (Å²) >= 11 is 0. The Balaban J connectivity index is 1.75. The Morgan fingerprint density at radius 3 is 2.41 bits per heavy atom. The predicted octanol–water partition coefficient (Wildman–Crippen LogP) is 0.220. The Kier molecular flexibility index (Phi) is 9.39. The molecule has 0 fully saturated rings. The fourth-order valence-corrected chi connectivity index (χ4v) is 4.00. The van der Waals surface area contributed by atoms with Gasteiger partial charge in [0.05, 0.1) is 12.4 Å². The van der Waals surface area contributed by atoms with Crippen LogP contribution in [0.4, 0.5) is 0 Å². The maximum absolute atomic E-state index is 13.3. The zero-order valence-corrected chi connectivity index (χ0v) is 20.8. The fourth-order valence-electron chi connectivity index (χ4n) is 4.00. The fraction of sp³-hybridized carbons (Fsp3) is 0.400. The Morgan fingerprint density at radius 1 is 1.00 bits per heavy atom. The van der Waals surface area contributed by atoms with Crippen molar-refractivity contribution in [3.63, 3.8) is 0 Å². The zero-order chi connectivity index (χ0) is 26.9. The molecule has 12 nitrogen and oxygen atoms in total. The molecule has 0 saturated carbocycles. The summed E-state index contributed by atoms with van der Waals surface area (Å²) in [4.78, 5) is 59.9. The third-order valence-corrected chi connectivity index (χ3v) is 5.82. The topological polar surface area (TPSA) is 195 Å². The van der Waals surface area contributed by atoms with Crippen LogP contribution in [0.25, 0.3) is 10.9 Å². The third-order valence-electron chi connectivity index (χ3n) is 5.82. The maximum Gasteiger partial charge on any atom is 0.322 e. The minimum absolute atomic E-state index is 0.0489. The molecule has 3 unspecified atom stereocenters. The number of fused-ring (bicyclic) bond motifs is 1. The summed E-state index contributed by atoms with van der Waals surface area (Å²) in [5.74, 6) is -2.88. The summed E-state index contributed by atoms with van der Waals surface area (Å²) in [6.45, 7) is 3.22. The van der Waals surface area contributed by atoms with E-state index in [1.165, 1.54) is 6.33 Å². The Bertz CT molecular complexity index is 1220. The number of aromatic amines is 2. The van der Waals surface area contributed by atoms with E-state index in [0.29, 0.717) is 12.1 Å². The first-order valence-corrected chi connectivity index (χ1v) is 12.0. The monoisotopic (exact) mass is 511 g/mol. The third kappa shape index (κ3) is 7.90. The van der Waals surface area contributed by atoms with Crippen LogP contribution < -0.4 is 21.7 Å². The highest BCUT2D eigenvalue weighted by atomic mass is 16.4. The standard InChI is InChI=1S/C25H33N7O5/c1-14(2)7-20(31-23(35)18(26)9-16-11-27-13-30-16)25(37)32-21(24(36)29-12-22(33)34)8-15-10-28-19-6-4-3-5-17(15)19/h3-6,10-11,13-14,18,20-21,28H,7-9,12,26H2,1-2H3,(H,27,30)(H,29,36)(H,31,35)(H,32,37)(H,33,34). The summed E-state index contributed by atoms with van der Waals surface area (Å²) in [7, 11) is 0. The van der Waals surface area contributed by atoms with Crippen LogP contribution in [-0.4, -0.2) is 68.4 Å². The number of benzene rings is 1. The van der Waals surface area contributed by atoms with Crippen molar-refractivity contribution in [1.29, 1.82) is 0 Å².